The Bertz CT molecular complexity index is 909. The summed E-state index contributed by atoms with van der Waals surface area (Å²) in [4.78, 5) is 25.9. The number of benzene rings is 2. The predicted octanol–water partition coefficient (Wildman–Crippen LogP) is 3.72. The number of halogens is 4. The summed E-state index contributed by atoms with van der Waals surface area (Å²) >= 11 is 0. The normalized spacial score (nSPS) is 14.9. The molecule has 0 atom stereocenters. The number of anilines is 1. The molecule has 1 saturated heterocycles. The first-order chi connectivity index (χ1) is 13.2. The van der Waals surface area contributed by atoms with Crippen LogP contribution >= 0.6 is 0 Å². The molecule has 3 rings (SSSR count). The molecule has 0 radical (unpaired) electrons. The van der Waals surface area contributed by atoms with Crippen LogP contribution in [0.5, 0.6) is 0 Å². The maximum absolute atomic E-state index is 13.3. The van der Waals surface area contributed by atoms with E-state index in [4.69, 9.17) is 0 Å². The second-order valence-corrected chi connectivity index (χ2v) is 6.25. The van der Waals surface area contributed by atoms with E-state index in [1.807, 2.05) is 0 Å². The van der Waals surface area contributed by atoms with Crippen LogP contribution < -0.4 is 4.90 Å². The summed E-state index contributed by atoms with van der Waals surface area (Å²) in [6.45, 7) is 0.807. The third-order valence-electron chi connectivity index (χ3n) is 4.48. The van der Waals surface area contributed by atoms with Crippen LogP contribution in [0.25, 0.3) is 0 Å². The molecule has 0 aromatic heterocycles. The number of rotatable bonds is 3. The fourth-order valence-corrected chi connectivity index (χ4v) is 3.07. The van der Waals surface area contributed by atoms with Gasteiger partial charge >= 0.3 is 6.18 Å². The standard InChI is InChI=1S/C18H15F4N3O3/c19-14-3-1-2-12(10-14)17(26)24-8-6-23(7-9-24)15-5-4-13(18(20,21)22)11-16(15)25(27)28/h1-5,10-11H,6-9H2. The van der Waals surface area contributed by atoms with Gasteiger partial charge < -0.3 is 9.80 Å². The van der Waals surface area contributed by atoms with E-state index in [0.29, 0.717) is 6.07 Å². The molecule has 148 valence electrons. The van der Waals surface area contributed by atoms with Crippen molar-refractivity contribution >= 4 is 17.3 Å². The number of carbonyl (C=O) groups excluding carboxylic acids is 1. The number of piperazine rings is 1. The van der Waals surface area contributed by atoms with Crippen LogP contribution in [0, 0.1) is 15.9 Å². The summed E-state index contributed by atoms with van der Waals surface area (Å²) in [5.74, 6) is -0.911. The van der Waals surface area contributed by atoms with Gasteiger partial charge in [-0.2, -0.15) is 13.2 Å². The first-order valence-electron chi connectivity index (χ1n) is 8.32. The number of alkyl halides is 3. The van der Waals surface area contributed by atoms with Crippen molar-refractivity contribution in [2.45, 2.75) is 6.18 Å². The van der Waals surface area contributed by atoms with E-state index >= 15 is 0 Å². The minimum Gasteiger partial charge on any atom is -0.362 e. The minimum absolute atomic E-state index is 0.0656. The largest absolute Gasteiger partial charge is 0.416 e. The average molecular weight is 397 g/mol. The Hall–Kier alpha value is -3.17. The lowest BCUT2D eigenvalue weighted by atomic mass is 10.1. The molecule has 6 nitrogen and oxygen atoms in total. The third-order valence-corrected chi connectivity index (χ3v) is 4.48. The molecule has 0 bridgehead atoms. The molecule has 1 amide bonds. The summed E-state index contributed by atoms with van der Waals surface area (Å²) in [7, 11) is 0. The Kier molecular flexibility index (Phi) is 5.21. The number of nitro groups is 1. The number of nitrogens with zero attached hydrogens (tertiary/aromatic N) is 3. The first-order valence-corrected chi connectivity index (χ1v) is 8.32. The van der Waals surface area contributed by atoms with E-state index in [1.54, 1.807) is 4.90 Å². The van der Waals surface area contributed by atoms with Crippen LogP contribution in [-0.4, -0.2) is 41.9 Å². The van der Waals surface area contributed by atoms with E-state index in [1.165, 1.54) is 23.1 Å². The molecule has 2 aromatic carbocycles. The smallest absolute Gasteiger partial charge is 0.362 e. The second kappa shape index (κ2) is 7.45. The zero-order chi connectivity index (χ0) is 20.5. The zero-order valence-corrected chi connectivity index (χ0v) is 14.4. The van der Waals surface area contributed by atoms with Crippen LogP contribution in [0.3, 0.4) is 0 Å². The summed E-state index contributed by atoms with van der Waals surface area (Å²) in [6, 6.07) is 7.63. The highest BCUT2D eigenvalue weighted by Gasteiger charge is 2.34. The Morgan fingerprint density at radius 1 is 1.04 bits per heavy atom. The lowest BCUT2D eigenvalue weighted by Gasteiger charge is -2.36. The molecule has 28 heavy (non-hydrogen) atoms. The van der Waals surface area contributed by atoms with E-state index < -0.39 is 28.2 Å². The molecule has 1 heterocycles. The highest BCUT2D eigenvalue weighted by molar-refractivity contribution is 5.94. The van der Waals surface area contributed by atoms with E-state index in [-0.39, 0.29) is 43.3 Å². The summed E-state index contributed by atoms with van der Waals surface area (Å²) in [5, 5.41) is 11.2. The second-order valence-electron chi connectivity index (χ2n) is 6.25. The van der Waals surface area contributed by atoms with Gasteiger partial charge in [0.2, 0.25) is 0 Å². The van der Waals surface area contributed by atoms with Gasteiger partial charge in [-0.15, -0.1) is 0 Å². The molecule has 0 saturated carbocycles. The Morgan fingerprint density at radius 2 is 1.71 bits per heavy atom. The highest BCUT2D eigenvalue weighted by Crippen LogP contribution is 2.36. The van der Waals surface area contributed by atoms with Crippen LogP contribution in [0.15, 0.2) is 42.5 Å². The molecule has 1 aliphatic heterocycles. The van der Waals surface area contributed by atoms with Crippen molar-refractivity contribution in [3.8, 4) is 0 Å². The Balaban J connectivity index is 1.76. The van der Waals surface area contributed by atoms with Gasteiger partial charge in [0.15, 0.2) is 0 Å². The molecular formula is C18H15F4N3O3. The number of nitro benzene ring substituents is 1. The van der Waals surface area contributed by atoms with Crippen molar-refractivity contribution in [2.75, 3.05) is 31.1 Å². The Morgan fingerprint density at radius 3 is 2.29 bits per heavy atom. The number of carbonyl (C=O) groups is 1. The fourth-order valence-electron chi connectivity index (χ4n) is 3.07. The van der Waals surface area contributed by atoms with Crippen molar-refractivity contribution in [1.29, 1.82) is 0 Å². The predicted molar refractivity (Wildman–Crippen MR) is 92.6 cm³/mol. The molecular weight excluding hydrogens is 382 g/mol. The summed E-state index contributed by atoms with van der Waals surface area (Å²) < 4.78 is 51.8. The molecule has 0 N–H and O–H groups in total. The Labute approximate surface area is 157 Å². The van der Waals surface area contributed by atoms with Gasteiger partial charge in [0.1, 0.15) is 11.5 Å². The molecule has 10 heteroatoms. The van der Waals surface area contributed by atoms with Crippen LogP contribution in [0.1, 0.15) is 15.9 Å². The highest BCUT2D eigenvalue weighted by atomic mass is 19.4. The van der Waals surface area contributed by atoms with Crippen molar-refractivity contribution in [3.05, 3.63) is 69.5 Å². The zero-order valence-electron chi connectivity index (χ0n) is 14.4. The molecule has 0 aliphatic carbocycles. The van der Waals surface area contributed by atoms with Gasteiger partial charge in [0, 0.05) is 37.8 Å². The maximum Gasteiger partial charge on any atom is 0.416 e. The molecule has 1 aliphatic rings. The molecule has 0 unspecified atom stereocenters. The van der Waals surface area contributed by atoms with E-state index in [0.717, 1.165) is 18.2 Å². The SMILES string of the molecule is O=C(c1cccc(F)c1)N1CCN(c2ccc(C(F)(F)F)cc2[N+](=O)[O-])CC1. The number of hydrogen-bond donors (Lipinski definition) is 0. The topological polar surface area (TPSA) is 66.7 Å². The lowest BCUT2D eigenvalue weighted by molar-refractivity contribution is -0.384. The molecule has 1 fully saturated rings. The lowest BCUT2D eigenvalue weighted by Crippen LogP contribution is -2.49. The van der Waals surface area contributed by atoms with Gasteiger partial charge in [0.05, 0.1) is 10.5 Å². The number of hydrogen-bond acceptors (Lipinski definition) is 4. The van der Waals surface area contributed by atoms with Crippen LogP contribution in [-0.2, 0) is 6.18 Å². The van der Waals surface area contributed by atoms with Crippen molar-refractivity contribution in [1.82, 2.24) is 4.90 Å². The van der Waals surface area contributed by atoms with Crippen molar-refractivity contribution in [3.63, 3.8) is 0 Å². The van der Waals surface area contributed by atoms with Crippen LogP contribution in [0.2, 0.25) is 0 Å². The first kappa shape index (κ1) is 19.6. The van der Waals surface area contributed by atoms with Gasteiger partial charge in [-0.25, -0.2) is 4.39 Å². The summed E-state index contributed by atoms with van der Waals surface area (Å²) in [5.41, 5.74) is -1.48. The quantitative estimate of drug-likeness (QED) is 0.450. The van der Waals surface area contributed by atoms with Gasteiger partial charge in [-0.3, -0.25) is 14.9 Å². The van der Waals surface area contributed by atoms with Gasteiger partial charge in [0.25, 0.3) is 11.6 Å². The minimum atomic E-state index is -4.68. The summed E-state index contributed by atoms with van der Waals surface area (Å²) in [6.07, 6.45) is -4.68. The third kappa shape index (κ3) is 4.05. The number of amides is 1. The van der Waals surface area contributed by atoms with E-state index in [9.17, 15) is 32.5 Å². The maximum atomic E-state index is 13.3. The average Bonchev–Trinajstić information content (AvgIpc) is 2.66. The molecule has 0 spiro atoms. The van der Waals surface area contributed by atoms with Crippen molar-refractivity contribution in [2.24, 2.45) is 0 Å². The van der Waals surface area contributed by atoms with Gasteiger partial charge in [-0.1, -0.05) is 6.07 Å². The fraction of sp³-hybridized carbons (Fsp3) is 0.278. The monoisotopic (exact) mass is 397 g/mol. The van der Waals surface area contributed by atoms with E-state index in [2.05, 4.69) is 0 Å². The van der Waals surface area contributed by atoms with Gasteiger partial charge in [-0.05, 0) is 30.3 Å². The van der Waals surface area contributed by atoms with Crippen molar-refractivity contribution < 1.29 is 27.3 Å². The van der Waals surface area contributed by atoms with Crippen LogP contribution in [0.4, 0.5) is 28.9 Å². The molecule has 2 aromatic rings.